The molecule has 0 bridgehead atoms. The number of fused-ring (bicyclic) bond motifs is 1. The zero-order valence-electron chi connectivity index (χ0n) is 17.4. The summed E-state index contributed by atoms with van der Waals surface area (Å²) < 4.78 is 29.0. The molecule has 2 aromatic carbocycles. The van der Waals surface area contributed by atoms with E-state index < -0.39 is 10.0 Å². The normalized spacial score (nSPS) is 15.2. The summed E-state index contributed by atoms with van der Waals surface area (Å²) in [5, 5.41) is 11.2. The monoisotopic (exact) mass is 441 g/mol. The van der Waals surface area contributed by atoms with Crippen molar-refractivity contribution in [3.8, 4) is 0 Å². The number of sulfonamides is 1. The van der Waals surface area contributed by atoms with E-state index in [1.807, 2.05) is 30.3 Å². The molecule has 3 aromatic rings. The standard InChI is InChI=1S/C22H27N5O3S/c28-22(23-17-18-8-3-1-4-9-18)10-7-15-27-21-12-11-19(16-20(21)24-25-27)31(29,30)26-13-5-2-6-14-26/h1,3-4,8-9,11-12,16H,2,5-7,10,13-15,17H2,(H,23,28). The van der Waals surface area contributed by atoms with Gasteiger partial charge in [0.1, 0.15) is 5.52 Å². The molecule has 0 radical (unpaired) electrons. The summed E-state index contributed by atoms with van der Waals surface area (Å²) in [6, 6.07) is 14.7. The highest BCUT2D eigenvalue weighted by atomic mass is 32.2. The van der Waals surface area contributed by atoms with Gasteiger partial charge in [-0.05, 0) is 43.0 Å². The smallest absolute Gasteiger partial charge is 0.243 e. The molecule has 0 spiro atoms. The molecule has 0 atom stereocenters. The Labute approximate surface area is 182 Å². The first-order chi connectivity index (χ1) is 15.0. The molecule has 4 rings (SSSR count). The van der Waals surface area contributed by atoms with Crippen molar-refractivity contribution in [3.05, 3.63) is 54.1 Å². The molecule has 1 aliphatic heterocycles. The number of nitrogens with one attached hydrogen (secondary N) is 1. The molecule has 0 aliphatic carbocycles. The van der Waals surface area contributed by atoms with Crippen LogP contribution in [-0.4, -0.2) is 46.7 Å². The van der Waals surface area contributed by atoms with Gasteiger partial charge >= 0.3 is 0 Å². The van der Waals surface area contributed by atoms with Crippen LogP contribution in [0.4, 0.5) is 0 Å². The summed E-state index contributed by atoms with van der Waals surface area (Å²) in [5.41, 5.74) is 2.38. The van der Waals surface area contributed by atoms with Crippen LogP contribution in [0.3, 0.4) is 0 Å². The first kappa shape index (κ1) is 21.5. The average molecular weight is 442 g/mol. The Balaban J connectivity index is 1.34. The van der Waals surface area contributed by atoms with Gasteiger partial charge in [-0.3, -0.25) is 4.79 Å². The fourth-order valence-corrected chi connectivity index (χ4v) is 5.34. The molecule has 0 saturated carbocycles. The zero-order chi connectivity index (χ0) is 21.7. The minimum Gasteiger partial charge on any atom is -0.352 e. The van der Waals surface area contributed by atoms with Gasteiger partial charge in [0.25, 0.3) is 0 Å². The van der Waals surface area contributed by atoms with E-state index in [1.54, 1.807) is 27.2 Å². The summed E-state index contributed by atoms with van der Waals surface area (Å²) >= 11 is 0. The van der Waals surface area contributed by atoms with Crippen LogP contribution in [0.1, 0.15) is 37.7 Å². The molecule has 1 aliphatic rings. The van der Waals surface area contributed by atoms with E-state index >= 15 is 0 Å². The predicted molar refractivity (Wildman–Crippen MR) is 118 cm³/mol. The molecule has 0 unspecified atom stereocenters. The lowest BCUT2D eigenvalue weighted by Gasteiger charge is -2.25. The second-order valence-corrected chi connectivity index (χ2v) is 9.73. The van der Waals surface area contributed by atoms with Gasteiger partial charge in [-0.15, -0.1) is 5.10 Å². The third kappa shape index (κ3) is 5.11. The van der Waals surface area contributed by atoms with E-state index in [0.29, 0.717) is 44.5 Å². The molecular formula is C22H27N5O3S. The quantitative estimate of drug-likeness (QED) is 0.580. The number of aryl methyl sites for hydroxylation is 1. The van der Waals surface area contributed by atoms with Gasteiger partial charge in [0.05, 0.1) is 10.4 Å². The lowest BCUT2D eigenvalue weighted by molar-refractivity contribution is -0.121. The number of rotatable bonds is 8. The summed E-state index contributed by atoms with van der Waals surface area (Å²) in [4.78, 5) is 12.3. The van der Waals surface area contributed by atoms with Crippen molar-refractivity contribution in [3.63, 3.8) is 0 Å². The molecule has 1 fully saturated rings. The van der Waals surface area contributed by atoms with Crippen molar-refractivity contribution in [1.82, 2.24) is 24.6 Å². The van der Waals surface area contributed by atoms with Gasteiger partial charge in [-0.2, -0.15) is 4.31 Å². The van der Waals surface area contributed by atoms with Gasteiger partial charge in [-0.1, -0.05) is 42.0 Å². The van der Waals surface area contributed by atoms with Gasteiger partial charge < -0.3 is 5.32 Å². The number of benzene rings is 2. The highest BCUT2D eigenvalue weighted by Gasteiger charge is 2.26. The zero-order valence-corrected chi connectivity index (χ0v) is 18.2. The molecule has 1 amide bonds. The lowest BCUT2D eigenvalue weighted by atomic mass is 10.2. The third-order valence-electron chi connectivity index (χ3n) is 5.54. The van der Waals surface area contributed by atoms with E-state index in [-0.39, 0.29) is 10.8 Å². The van der Waals surface area contributed by atoms with E-state index in [2.05, 4.69) is 15.6 Å². The highest BCUT2D eigenvalue weighted by molar-refractivity contribution is 7.89. The van der Waals surface area contributed by atoms with Crippen LogP contribution in [0.25, 0.3) is 11.0 Å². The lowest BCUT2D eigenvalue weighted by Crippen LogP contribution is -2.35. The van der Waals surface area contributed by atoms with Gasteiger partial charge in [0.15, 0.2) is 0 Å². The van der Waals surface area contributed by atoms with Crippen molar-refractivity contribution in [2.45, 2.75) is 50.1 Å². The van der Waals surface area contributed by atoms with Crippen molar-refractivity contribution in [1.29, 1.82) is 0 Å². The van der Waals surface area contributed by atoms with Crippen molar-refractivity contribution >= 4 is 27.0 Å². The van der Waals surface area contributed by atoms with Gasteiger partial charge in [-0.25, -0.2) is 13.1 Å². The first-order valence-corrected chi connectivity index (χ1v) is 12.1. The SMILES string of the molecule is O=C(CCCn1nnc2cc(S(=O)(=O)N3CCCCC3)ccc21)NCc1ccccc1. The number of aromatic nitrogens is 3. The summed E-state index contributed by atoms with van der Waals surface area (Å²) in [5.74, 6) is -0.0109. The number of carbonyl (C=O) groups is 1. The molecular weight excluding hydrogens is 414 g/mol. The van der Waals surface area contributed by atoms with Crippen LogP contribution < -0.4 is 5.32 Å². The largest absolute Gasteiger partial charge is 0.352 e. The number of hydrogen-bond donors (Lipinski definition) is 1. The van der Waals surface area contributed by atoms with Crippen LogP contribution in [0.5, 0.6) is 0 Å². The van der Waals surface area contributed by atoms with E-state index in [1.165, 1.54) is 0 Å². The van der Waals surface area contributed by atoms with Gasteiger partial charge in [0.2, 0.25) is 15.9 Å². The topological polar surface area (TPSA) is 97.2 Å². The Bertz CT molecular complexity index is 1140. The van der Waals surface area contributed by atoms with Crippen LogP contribution in [0.15, 0.2) is 53.4 Å². The first-order valence-electron chi connectivity index (χ1n) is 10.7. The fourth-order valence-electron chi connectivity index (χ4n) is 3.81. The van der Waals surface area contributed by atoms with Crippen LogP contribution >= 0.6 is 0 Å². The Morgan fingerprint density at radius 3 is 2.58 bits per heavy atom. The average Bonchev–Trinajstić information content (AvgIpc) is 3.21. The number of hydrogen-bond acceptors (Lipinski definition) is 5. The van der Waals surface area contributed by atoms with Crippen LogP contribution in [-0.2, 0) is 27.9 Å². The van der Waals surface area contributed by atoms with Crippen molar-refractivity contribution in [2.24, 2.45) is 0 Å². The molecule has 1 saturated heterocycles. The van der Waals surface area contributed by atoms with E-state index in [0.717, 1.165) is 30.3 Å². The predicted octanol–water partition coefficient (Wildman–Crippen LogP) is 2.70. The summed E-state index contributed by atoms with van der Waals surface area (Å²) in [6.07, 6.45) is 3.87. The maximum Gasteiger partial charge on any atom is 0.243 e. The molecule has 164 valence electrons. The van der Waals surface area contributed by atoms with Crippen molar-refractivity contribution < 1.29 is 13.2 Å². The second-order valence-electron chi connectivity index (χ2n) is 7.79. The van der Waals surface area contributed by atoms with E-state index in [4.69, 9.17) is 0 Å². The molecule has 8 nitrogen and oxygen atoms in total. The number of piperidine rings is 1. The van der Waals surface area contributed by atoms with E-state index in [9.17, 15) is 13.2 Å². The maximum absolute atomic E-state index is 12.9. The van der Waals surface area contributed by atoms with Gasteiger partial charge in [0, 0.05) is 32.6 Å². The summed E-state index contributed by atoms with van der Waals surface area (Å²) in [7, 11) is -3.50. The molecule has 1 aromatic heterocycles. The third-order valence-corrected chi connectivity index (χ3v) is 7.44. The Hall–Kier alpha value is -2.78. The Morgan fingerprint density at radius 2 is 1.81 bits per heavy atom. The minimum atomic E-state index is -3.50. The van der Waals surface area contributed by atoms with Crippen LogP contribution in [0.2, 0.25) is 0 Å². The number of carbonyl (C=O) groups excluding carboxylic acids is 1. The maximum atomic E-state index is 12.9. The Kier molecular flexibility index (Phi) is 6.62. The summed E-state index contributed by atoms with van der Waals surface area (Å²) in [6.45, 7) is 2.19. The molecule has 31 heavy (non-hydrogen) atoms. The number of amides is 1. The second kappa shape index (κ2) is 9.57. The van der Waals surface area contributed by atoms with Crippen LogP contribution in [0, 0.1) is 0 Å². The fraction of sp³-hybridized carbons (Fsp3) is 0.409. The number of nitrogens with zero attached hydrogens (tertiary/aromatic N) is 4. The Morgan fingerprint density at radius 1 is 1.03 bits per heavy atom. The highest BCUT2D eigenvalue weighted by Crippen LogP contribution is 2.23. The van der Waals surface area contributed by atoms with Crippen molar-refractivity contribution in [2.75, 3.05) is 13.1 Å². The molecule has 1 N–H and O–H groups in total. The minimum absolute atomic E-state index is 0.0109. The molecule has 2 heterocycles. The molecule has 9 heteroatoms.